The van der Waals surface area contributed by atoms with Crippen molar-refractivity contribution in [3.8, 4) is 11.5 Å². The molecule has 0 radical (unpaired) electrons. The molecule has 0 fully saturated rings. The van der Waals surface area contributed by atoms with Crippen molar-refractivity contribution in [3.05, 3.63) is 45.6 Å². The molecular formula is C15H16O3S. The summed E-state index contributed by atoms with van der Waals surface area (Å²) < 4.78 is 10.4. The number of ether oxygens (including phenoxy) is 2. The van der Waals surface area contributed by atoms with Crippen LogP contribution in [-0.4, -0.2) is 20.0 Å². The molecule has 3 nitrogen and oxygen atoms in total. The Bertz CT molecular complexity index is 587. The quantitative estimate of drug-likeness (QED) is 0.784. The van der Waals surface area contributed by atoms with E-state index in [1.807, 2.05) is 36.6 Å². The molecule has 0 spiro atoms. The van der Waals surface area contributed by atoms with E-state index in [0.29, 0.717) is 17.9 Å². The van der Waals surface area contributed by atoms with E-state index in [9.17, 15) is 4.79 Å². The number of benzene rings is 1. The number of ketones is 1. The van der Waals surface area contributed by atoms with Gasteiger partial charge in [-0.15, -0.1) is 11.3 Å². The molecule has 0 atom stereocenters. The monoisotopic (exact) mass is 276 g/mol. The van der Waals surface area contributed by atoms with Crippen molar-refractivity contribution in [1.29, 1.82) is 0 Å². The molecule has 0 aliphatic heterocycles. The van der Waals surface area contributed by atoms with Crippen LogP contribution in [0.25, 0.3) is 0 Å². The summed E-state index contributed by atoms with van der Waals surface area (Å²) in [6.07, 6.45) is 0.373. The molecule has 2 rings (SSSR count). The molecule has 2 aromatic rings. The van der Waals surface area contributed by atoms with E-state index in [1.54, 1.807) is 25.6 Å². The van der Waals surface area contributed by atoms with Crippen LogP contribution >= 0.6 is 11.3 Å². The molecule has 0 aliphatic rings. The molecule has 0 aliphatic carbocycles. The summed E-state index contributed by atoms with van der Waals surface area (Å²) in [5.41, 5.74) is 1.73. The van der Waals surface area contributed by atoms with Gasteiger partial charge in [0.05, 0.1) is 14.2 Å². The Morgan fingerprint density at radius 3 is 2.47 bits per heavy atom. The first kappa shape index (κ1) is 13.6. The summed E-state index contributed by atoms with van der Waals surface area (Å²) in [5.74, 6) is 1.45. The van der Waals surface area contributed by atoms with Gasteiger partial charge >= 0.3 is 0 Å². The SMILES string of the molecule is COc1ccc(CC(=O)c2ccsc2C)cc1OC. The van der Waals surface area contributed by atoms with Crippen molar-refractivity contribution in [2.24, 2.45) is 0 Å². The first-order valence-electron chi connectivity index (χ1n) is 5.94. The molecule has 1 aromatic heterocycles. The lowest BCUT2D eigenvalue weighted by molar-refractivity contribution is 0.0993. The van der Waals surface area contributed by atoms with Gasteiger partial charge in [0.25, 0.3) is 0 Å². The van der Waals surface area contributed by atoms with Gasteiger partial charge in [0.1, 0.15) is 0 Å². The van der Waals surface area contributed by atoms with Gasteiger partial charge in [-0.1, -0.05) is 6.07 Å². The van der Waals surface area contributed by atoms with Crippen molar-refractivity contribution in [2.75, 3.05) is 14.2 Å². The van der Waals surface area contributed by atoms with Crippen LogP contribution < -0.4 is 9.47 Å². The standard InChI is InChI=1S/C15H16O3S/c1-10-12(6-7-19-10)13(16)8-11-4-5-14(17-2)15(9-11)18-3/h4-7,9H,8H2,1-3H3. The Kier molecular flexibility index (Phi) is 4.22. The zero-order chi connectivity index (χ0) is 13.8. The molecule has 0 N–H and O–H groups in total. The minimum absolute atomic E-state index is 0.131. The number of hydrogen-bond donors (Lipinski definition) is 0. The van der Waals surface area contributed by atoms with Gasteiger partial charge in [-0.2, -0.15) is 0 Å². The molecule has 0 unspecified atom stereocenters. The molecule has 4 heteroatoms. The lowest BCUT2D eigenvalue weighted by Gasteiger charge is -2.09. The predicted molar refractivity (Wildman–Crippen MR) is 76.6 cm³/mol. The maximum absolute atomic E-state index is 12.2. The van der Waals surface area contributed by atoms with E-state index < -0.39 is 0 Å². The first-order chi connectivity index (χ1) is 9.15. The Morgan fingerprint density at radius 1 is 1.16 bits per heavy atom. The van der Waals surface area contributed by atoms with Crippen molar-refractivity contribution in [3.63, 3.8) is 0 Å². The van der Waals surface area contributed by atoms with E-state index in [1.165, 1.54) is 0 Å². The van der Waals surface area contributed by atoms with Gasteiger partial charge in [-0.25, -0.2) is 0 Å². The highest BCUT2D eigenvalue weighted by Crippen LogP contribution is 2.28. The van der Waals surface area contributed by atoms with Crippen molar-refractivity contribution >= 4 is 17.1 Å². The first-order valence-corrected chi connectivity index (χ1v) is 6.82. The topological polar surface area (TPSA) is 35.5 Å². The van der Waals surface area contributed by atoms with Crippen LogP contribution in [0.5, 0.6) is 11.5 Å². The van der Waals surface area contributed by atoms with E-state index in [4.69, 9.17) is 9.47 Å². The number of methoxy groups -OCH3 is 2. The van der Waals surface area contributed by atoms with E-state index >= 15 is 0 Å². The van der Waals surface area contributed by atoms with Gasteiger partial charge in [-0.3, -0.25) is 4.79 Å². The van der Waals surface area contributed by atoms with Crippen molar-refractivity contribution < 1.29 is 14.3 Å². The summed E-state index contributed by atoms with van der Waals surface area (Å²) in [4.78, 5) is 13.2. The number of carbonyl (C=O) groups is 1. The van der Waals surface area contributed by atoms with E-state index in [-0.39, 0.29) is 5.78 Å². The Morgan fingerprint density at radius 2 is 1.89 bits per heavy atom. The molecule has 0 saturated carbocycles. The second-order valence-corrected chi connectivity index (χ2v) is 5.30. The van der Waals surface area contributed by atoms with Gasteiger partial charge in [-0.05, 0) is 36.1 Å². The Hall–Kier alpha value is -1.81. The second kappa shape index (κ2) is 5.89. The number of carbonyl (C=O) groups excluding carboxylic acids is 1. The normalized spacial score (nSPS) is 10.3. The van der Waals surface area contributed by atoms with Crippen LogP contribution in [0.4, 0.5) is 0 Å². The molecule has 1 aromatic carbocycles. The van der Waals surface area contributed by atoms with E-state index in [2.05, 4.69) is 0 Å². The second-order valence-electron chi connectivity index (χ2n) is 4.18. The van der Waals surface area contributed by atoms with Gasteiger partial charge in [0, 0.05) is 16.9 Å². The number of hydrogen-bond acceptors (Lipinski definition) is 4. The van der Waals surface area contributed by atoms with Gasteiger partial charge in [0.15, 0.2) is 17.3 Å². The molecule has 0 amide bonds. The molecule has 0 saturated heterocycles. The molecule has 19 heavy (non-hydrogen) atoms. The predicted octanol–water partition coefficient (Wildman–Crippen LogP) is 3.50. The van der Waals surface area contributed by atoms with Crippen LogP contribution in [0, 0.1) is 6.92 Å². The Balaban J connectivity index is 2.20. The fourth-order valence-electron chi connectivity index (χ4n) is 1.95. The smallest absolute Gasteiger partial charge is 0.168 e. The Labute approximate surface area is 116 Å². The summed E-state index contributed by atoms with van der Waals surface area (Å²) in [7, 11) is 3.18. The van der Waals surface area contributed by atoms with Crippen LogP contribution in [0.15, 0.2) is 29.6 Å². The van der Waals surface area contributed by atoms with Gasteiger partial charge in [0.2, 0.25) is 0 Å². The minimum Gasteiger partial charge on any atom is -0.493 e. The highest BCUT2D eigenvalue weighted by Gasteiger charge is 2.12. The molecule has 0 bridgehead atoms. The van der Waals surface area contributed by atoms with E-state index in [0.717, 1.165) is 16.0 Å². The molecule has 1 heterocycles. The van der Waals surface area contributed by atoms with Crippen LogP contribution in [0.1, 0.15) is 20.8 Å². The van der Waals surface area contributed by atoms with Crippen molar-refractivity contribution in [1.82, 2.24) is 0 Å². The number of aryl methyl sites for hydroxylation is 1. The average molecular weight is 276 g/mol. The lowest BCUT2D eigenvalue weighted by Crippen LogP contribution is -2.04. The third kappa shape index (κ3) is 2.96. The molecule has 100 valence electrons. The largest absolute Gasteiger partial charge is 0.493 e. The maximum Gasteiger partial charge on any atom is 0.168 e. The highest BCUT2D eigenvalue weighted by molar-refractivity contribution is 7.10. The third-order valence-corrected chi connectivity index (χ3v) is 3.82. The summed E-state index contributed by atoms with van der Waals surface area (Å²) in [6, 6.07) is 7.43. The van der Waals surface area contributed by atoms with Crippen LogP contribution in [0.2, 0.25) is 0 Å². The summed E-state index contributed by atoms with van der Waals surface area (Å²) in [6.45, 7) is 1.96. The zero-order valence-electron chi connectivity index (χ0n) is 11.2. The molecular weight excluding hydrogens is 260 g/mol. The maximum atomic E-state index is 12.2. The average Bonchev–Trinajstić information content (AvgIpc) is 2.85. The van der Waals surface area contributed by atoms with Crippen LogP contribution in [0.3, 0.4) is 0 Å². The summed E-state index contributed by atoms with van der Waals surface area (Å²) in [5, 5.41) is 1.94. The number of Topliss-reactive ketones (excluding diaryl/α,β-unsaturated/α-hetero) is 1. The van der Waals surface area contributed by atoms with Gasteiger partial charge < -0.3 is 9.47 Å². The lowest BCUT2D eigenvalue weighted by atomic mass is 10.0. The summed E-state index contributed by atoms with van der Waals surface area (Å²) >= 11 is 1.59. The van der Waals surface area contributed by atoms with Crippen LogP contribution in [-0.2, 0) is 6.42 Å². The number of rotatable bonds is 5. The fraction of sp³-hybridized carbons (Fsp3) is 0.267. The zero-order valence-corrected chi connectivity index (χ0v) is 12.0. The van der Waals surface area contributed by atoms with Crippen molar-refractivity contribution in [2.45, 2.75) is 13.3 Å². The fourth-order valence-corrected chi connectivity index (χ4v) is 2.66. The third-order valence-electron chi connectivity index (χ3n) is 2.97. The highest BCUT2D eigenvalue weighted by atomic mass is 32.1. The minimum atomic E-state index is 0.131. The number of thiophene rings is 1.